The fourth-order valence-electron chi connectivity index (χ4n) is 5.43. The second kappa shape index (κ2) is 12.2. The summed E-state index contributed by atoms with van der Waals surface area (Å²) in [5.74, 6) is 0. The second-order valence-electron chi connectivity index (χ2n) is 10.1. The van der Waals surface area contributed by atoms with Crippen molar-refractivity contribution in [1.82, 2.24) is 0 Å². The quantitative estimate of drug-likeness (QED) is 0.260. The molecule has 0 saturated carbocycles. The van der Waals surface area contributed by atoms with Crippen molar-refractivity contribution >= 4 is 33.2 Å². The predicted molar refractivity (Wildman–Crippen MR) is 157 cm³/mol. The summed E-state index contributed by atoms with van der Waals surface area (Å²) in [6.07, 6.45) is 4.31. The Morgan fingerprint density at radius 2 is 0.925 bits per heavy atom. The molecule has 0 bridgehead atoms. The fraction of sp³-hybridized carbons (Fsp3) is 0.118. The summed E-state index contributed by atoms with van der Waals surface area (Å²) in [6.45, 7) is 5.71. The average molecular weight is 656 g/mol. The third-order valence-corrected chi connectivity index (χ3v) is 7.45. The number of nitrogens with zero attached hydrogens (tertiary/aromatic N) is 2. The van der Waals surface area contributed by atoms with Crippen molar-refractivity contribution in [1.29, 1.82) is 0 Å². The lowest BCUT2D eigenvalue weighted by Crippen LogP contribution is -3.00. The number of nitrogen functional groups attached to an aromatic ring is 2. The molecule has 0 aliphatic rings. The summed E-state index contributed by atoms with van der Waals surface area (Å²) in [6, 6.07) is 34.4. The number of hydrogen-bond acceptors (Lipinski definition) is 2. The average Bonchev–Trinajstić information content (AvgIpc) is 2.95. The van der Waals surface area contributed by atoms with E-state index in [0.717, 1.165) is 57.4 Å². The van der Waals surface area contributed by atoms with Crippen molar-refractivity contribution in [2.45, 2.75) is 26.9 Å². The molecule has 6 aromatic rings. The van der Waals surface area contributed by atoms with Gasteiger partial charge in [-0.15, -0.1) is 0 Å². The van der Waals surface area contributed by atoms with E-state index in [1.165, 1.54) is 22.3 Å². The lowest BCUT2D eigenvalue weighted by Gasteiger charge is -2.09. The molecule has 0 saturated heterocycles. The Morgan fingerprint density at radius 1 is 0.525 bits per heavy atom. The van der Waals surface area contributed by atoms with Gasteiger partial charge < -0.3 is 45.4 Å². The van der Waals surface area contributed by atoms with Crippen LogP contribution in [-0.2, 0) is 13.1 Å². The second-order valence-corrected chi connectivity index (χ2v) is 10.1. The molecule has 4 nitrogen and oxygen atoms in total. The summed E-state index contributed by atoms with van der Waals surface area (Å²) < 4.78 is 4.59. The molecule has 0 radical (unpaired) electrons. The molecule has 0 unspecified atom stereocenters. The van der Waals surface area contributed by atoms with Gasteiger partial charge >= 0.3 is 0 Å². The highest BCUT2D eigenvalue weighted by molar-refractivity contribution is 5.90. The van der Waals surface area contributed by atoms with Gasteiger partial charge in [0, 0.05) is 34.4 Å². The van der Waals surface area contributed by atoms with Crippen LogP contribution in [0.4, 0.5) is 11.4 Å². The van der Waals surface area contributed by atoms with Crippen LogP contribution < -0.4 is 54.6 Å². The van der Waals surface area contributed by atoms with Gasteiger partial charge in [-0.2, -0.15) is 9.13 Å². The predicted octanol–water partition coefficient (Wildman–Crippen LogP) is 0.121. The highest BCUT2D eigenvalue weighted by Crippen LogP contribution is 2.25. The van der Waals surface area contributed by atoms with Crippen molar-refractivity contribution in [2.75, 3.05) is 11.5 Å². The highest BCUT2D eigenvalue weighted by Gasteiger charge is 2.16. The molecule has 0 fully saturated rings. The Bertz CT molecular complexity index is 1700. The first-order valence-electron chi connectivity index (χ1n) is 13.0. The fourth-order valence-corrected chi connectivity index (χ4v) is 5.43. The molecule has 2 heterocycles. The number of para-hydroxylation sites is 2. The molecule has 202 valence electrons. The number of nitrogens with two attached hydrogens (primary N) is 2. The van der Waals surface area contributed by atoms with Crippen LogP contribution in [0.2, 0.25) is 0 Å². The number of halogens is 2. The molecule has 0 aliphatic carbocycles. The zero-order valence-electron chi connectivity index (χ0n) is 22.6. The molecule has 4 aromatic carbocycles. The van der Waals surface area contributed by atoms with Crippen molar-refractivity contribution in [2.24, 2.45) is 0 Å². The number of hydrogen-bond donors (Lipinski definition) is 2. The van der Waals surface area contributed by atoms with Gasteiger partial charge in [0.15, 0.2) is 25.5 Å². The maximum Gasteiger partial charge on any atom is 0.214 e. The molecule has 0 atom stereocenters. The minimum Gasteiger partial charge on any atom is -1.00 e. The van der Waals surface area contributed by atoms with Crippen molar-refractivity contribution in [3.8, 4) is 11.1 Å². The molecule has 6 heteroatoms. The molecule has 6 rings (SSSR count). The first kappa shape index (κ1) is 29.2. The van der Waals surface area contributed by atoms with E-state index < -0.39 is 0 Å². The van der Waals surface area contributed by atoms with E-state index in [9.17, 15) is 0 Å². The summed E-state index contributed by atoms with van der Waals surface area (Å²) >= 11 is 0. The Balaban J connectivity index is 0.00000185. The van der Waals surface area contributed by atoms with Gasteiger partial charge in [-0.3, -0.25) is 0 Å². The zero-order valence-corrected chi connectivity index (χ0v) is 25.8. The van der Waals surface area contributed by atoms with Crippen molar-refractivity contribution in [3.63, 3.8) is 0 Å². The van der Waals surface area contributed by atoms with Gasteiger partial charge in [0.2, 0.25) is 11.0 Å². The lowest BCUT2D eigenvalue weighted by molar-refractivity contribution is -0.662. The van der Waals surface area contributed by atoms with Crippen LogP contribution in [0.25, 0.3) is 32.9 Å². The third kappa shape index (κ3) is 5.60. The normalized spacial score (nSPS) is 10.8. The summed E-state index contributed by atoms with van der Waals surface area (Å²) in [5, 5.41) is 2.19. The molecule has 2 aromatic heterocycles. The number of benzene rings is 4. The Labute approximate surface area is 256 Å². The van der Waals surface area contributed by atoms with Crippen LogP contribution in [0, 0.1) is 13.8 Å². The number of aromatic nitrogens is 2. The van der Waals surface area contributed by atoms with Crippen LogP contribution >= 0.6 is 0 Å². The van der Waals surface area contributed by atoms with E-state index >= 15 is 0 Å². The van der Waals surface area contributed by atoms with Crippen molar-refractivity contribution in [3.05, 3.63) is 132 Å². The summed E-state index contributed by atoms with van der Waals surface area (Å²) in [4.78, 5) is 0. The minimum absolute atomic E-state index is 0. The molecule has 0 spiro atoms. The Hall–Kier alpha value is -3.74. The van der Waals surface area contributed by atoms with E-state index in [2.05, 4.69) is 120 Å². The smallest absolute Gasteiger partial charge is 0.214 e. The van der Waals surface area contributed by atoms with E-state index in [4.69, 9.17) is 11.5 Å². The van der Waals surface area contributed by atoms with Gasteiger partial charge in [-0.25, -0.2) is 0 Å². The maximum absolute atomic E-state index is 6.37. The SMILES string of the molecule is Cc1c[n+](Cc2cccc(-c3cccc(C[n+]4cc(C)c(N)c5ccccc54)c3)c2)c2ccccc2c1N.[Br-].[Br-]. The molecular formula is C34H32Br2N4. The van der Waals surface area contributed by atoms with Crippen LogP contribution in [0.5, 0.6) is 0 Å². The van der Waals surface area contributed by atoms with Crippen LogP contribution in [-0.4, -0.2) is 0 Å². The molecular weight excluding hydrogens is 624 g/mol. The largest absolute Gasteiger partial charge is 1.00 e. The van der Waals surface area contributed by atoms with Crippen LogP contribution in [0.15, 0.2) is 109 Å². The first-order chi connectivity index (χ1) is 18.5. The summed E-state index contributed by atoms with van der Waals surface area (Å²) in [5.41, 5.74) is 23.9. The van der Waals surface area contributed by atoms with Gasteiger partial charge in [0.05, 0.1) is 22.1 Å². The number of rotatable bonds is 5. The summed E-state index contributed by atoms with van der Waals surface area (Å²) in [7, 11) is 0. The minimum atomic E-state index is 0. The van der Waals surface area contributed by atoms with E-state index in [1.54, 1.807) is 0 Å². The van der Waals surface area contributed by atoms with Crippen LogP contribution in [0.1, 0.15) is 22.3 Å². The standard InChI is InChI=1S/C34H30N4.2BrH/c1-23-19-37(31-15-5-3-13-29(31)33(23)35)21-25-9-7-11-27(17-25)28-12-8-10-26(18-28)22-38-20-24(2)34(36)30-14-4-6-16-32(30)38;;/h3-20,35-36H,21-22H2,1-2H3;2*1H. The Morgan fingerprint density at radius 3 is 1.35 bits per heavy atom. The number of fused-ring (bicyclic) bond motifs is 2. The topological polar surface area (TPSA) is 59.8 Å². The highest BCUT2D eigenvalue weighted by atomic mass is 79.9. The first-order valence-corrected chi connectivity index (χ1v) is 13.0. The Kier molecular flexibility index (Phi) is 8.92. The maximum atomic E-state index is 6.37. The van der Waals surface area contributed by atoms with Crippen molar-refractivity contribution < 1.29 is 43.1 Å². The van der Waals surface area contributed by atoms with Crippen LogP contribution in [0.3, 0.4) is 0 Å². The van der Waals surface area contributed by atoms with Gasteiger partial charge in [0.1, 0.15) is 0 Å². The van der Waals surface area contributed by atoms with E-state index in [-0.39, 0.29) is 34.0 Å². The van der Waals surface area contributed by atoms with Gasteiger partial charge in [0.25, 0.3) is 0 Å². The molecule has 40 heavy (non-hydrogen) atoms. The van der Waals surface area contributed by atoms with Gasteiger partial charge in [-0.05, 0) is 49.2 Å². The molecule has 0 amide bonds. The molecule has 0 aliphatic heterocycles. The lowest BCUT2D eigenvalue weighted by atomic mass is 10.0. The van der Waals surface area contributed by atoms with Gasteiger partial charge in [-0.1, -0.05) is 60.7 Å². The third-order valence-electron chi connectivity index (χ3n) is 7.45. The van der Waals surface area contributed by atoms with E-state index in [1.807, 2.05) is 12.1 Å². The number of pyridine rings is 2. The number of aryl methyl sites for hydroxylation is 2. The van der Waals surface area contributed by atoms with E-state index in [0.29, 0.717) is 0 Å². The molecule has 4 N–H and O–H groups in total. The number of anilines is 2. The zero-order chi connectivity index (χ0) is 26.2. The monoisotopic (exact) mass is 654 g/mol.